The summed E-state index contributed by atoms with van der Waals surface area (Å²) in [7, 11) is 0. The molecular weight excluding hydrogens is 146 g/mol. The molecule has 0 atom stereocenters. The highest BCUT2D eigenvalue weighted by molar-refractivity contribution is 5.39. The molecule has 0 heterocycles. The third kappa shape index (κ3) is 2.11. The van der Waals surface area contributed by atoms with Crippen LogP contribution in [0.25, 0.3) is 0 Å². The minimum Gasteiger partial charge on any atom is -0.313 e. The van der Waals surface area contributed by atoms with Gasteiger partial charge in [-0.2, -0.15) is 0 Å². The third-order valence-corrected chi connectivity index (χ3v) is 1.74. The summed E-state index contributed by atoms with van der Waals surface area (Å²) in [4.78, 5) is 0. The van der Waals surface area contributed by atoms with Gasteiger partial charge in [-0.1, -0.05) is 31.0 Å². The van der Waals surface area contributed by atoms with Crippen molar-refractivity contribution >= 4 is 0 Å². The van der Waals surface area contributed by atoms with Gasteiger partial charge in [-0.3, -0.25) is 0 Å². The summed E-state index contributed by atoms with van der Waals surface area (Å²) in [6.45, 7) is 3.91. The highest BCUT2D eigenvalue weighted by atomic mass is 14.8. The van der Waals surface area contributed by atoms with Crippen LogP contribution in [0.3, 0.4) is 0 Å². The fraction of sp³-hybridized carbons (Fsp3) is 0.273. The van der Waals surface area contributed by atoms with Crippen LogP contribution in [-0.4, -0.2) is 6.54 Å². The lowest BCUT2D eigenvalue weighted by Gasteiger charge is -2.03. The standard InChI is InChI=1S/C11H13N/c1-3-10-7-5-6-8-11(10)9-12-4-2/h1,5-8,12H,4,9H2,2H3. The summed E-state index contributed by atoms with van der Waals surface area (Å²) in [6.07, 6.45) is 5.34. The Morgan fingerprint density at radius 3 is 2.83 bits per heavy atom. The zero-order valence-electron chi connectivity index (χ0n) is 7.30. The first-order valence-electron chi connectivity index (χ1n) is 4.13. The van der Waals surface area contributed by atoms with Crippen LogP contribution < -0.4 is 5.32 Å². The fourth-order valence-electron chi connectivity index (χ4n) is 1.07. The van der Waals surface area contributed by atoms with Crippen molar-refractivity contribution in [3.05, 3.63) is 35.4 Å². The normalized spacial score (nSPS) is 9.33. The molecule has 0 aliphatic rings. The quantitative estimate of drug-likeness (QED) is 0.663. The minimum absolute atomic E-state index is 0.858. The lowest BCUT2D eigenvalue weighted by Crippen LogP contribution is -2.12. The summed E-state index contributed by atoms with van der Waals surface area (Å²) in [5, 5.41) is 3.24. The molecule has 0 amide bonds. The second-order valence-electron chi connectivity index (χ2n) is 2.58. The van der Waals surface area contributed by atoms with E-state index in [1.54, 1.807) is 0 Å². The molecule has 1 nitrogen and oxygen atoms in total. The molecule has 12 heavy (non-hydrogen) atoms. The molecule has 0 aliphatic heterocycles. The molecule has 0 spiro atoms. The summed E-state index contributed by atoms with van der Waals surface area (Å²) in [5.41, 5.74) is 2.18. The van der Waals surface area contributed by atoms with Crippen molar-refractivity contribution in [1.29, 1.82) is 0 Å². The van der Waals surface area contributed by atoms with Gasteiger partial charge in [0, 0.05) is 12.1 Å². The van der Waals surface area contributed by atoms with Crippen molar-refractivity contribution in [2.75, 3.05) is 6.54 Å². The molecule has 0 fully saturated rings. The van der Waals surface area contributed by atoms with Crippen LogP contribution in [-0.2, 0) is 6.54 Å². The number of nitrogens with one attached hydrogen (secondary N) is 1. The molecule has 1 aromatic carbocycles. The summed E-state index contributed by atoms with van der Waals surface area (Å²) >= 11 is 0. The molecular formula is C11H13N. The number of rotatable bonds is 3. The maximum atomic E-state index is 5.34. The predicted molar refractivity (Wildman–Crippen MR) is 51.8 cm³/mol. The number of benzene rings is 1. The van der Waals surface area contributed by atoms with E-state index in [0.29, 0.717) is 0 Å². The number of hydrogen-bond donors (Lipinski definition) is 1. The molecule has 0 aliphatic carbocycles. The van der Waals surface area contributed by atoms with E-state index >= 15 is 0 Å². The topological polar surface area (TPSA) is 12.0 Å². The van der Waals surface area contributed by atoms with Gasteiger partial charge < -0.3 is 5.32 Å². The van der Waals surface area contributed by atoms with Crippen LogP contribution in [0, 0.1) is 12.3 Å². The summed E-state index contributed by atoms with van der Waals surface area (Å²) in [5.74, 6) is 2.66. The van der Waals surface area contributed by atoms with Gasteiger partial charge in [-0.15, -0.1) is 6.42 Å². The lowest BCUT2D eigenvalue weighted by molar-refractivity contribution is 0.726. The second kappa shape index (κ2) is 4.58. The monoisotopic (exact) mass is 159 g/mol. The van der Waals surface area contributed by atoms with E-state index < -0.39 is 0 Å². The maximum Gasteiger partial charge on any atom is 0.0287 e. The van der Waals surface area contributed by atoms with Crippen molar-refractivity contribution in [1.82, 2.24) is 5.32 Å². The van der Waals surface area contributed by atoms with Crippen LogP contribution in [0.15, 0.2) is 24.3 Å². The van der Waals surface area contributed by atoms with Crippen LogP contribution >= 0.6 is 0 Å². The first kappa shape index (κ1) is 8.83. The molecule has 0 unspecified atom stereocenters. The Morgan fingerprint density at radius 2 is 2.17 bits per heavy atom. The van der Waals surface area contributed by atoms with Crippen LogP contribution in [0.5, 0.6) is 0 Å². The first-order valence-corrected chi connectivity index (χ1v) is 4.13. The summed E-state index contributed by atoms with van der Waals surface area (Å²) < 4.78 is 0. The van der Waals surface area contributed by atoms with Gasteiger partial charge in [0.1, 0.15) is 0 Å². The van der Waals surface area contributed by atoms with E-state index in [4.69, 9.17) is 6.42 Å². The van der Waals surface area contributed by atoms with Crippen LogP contribution in [0.4, 0.5) is 0 Å². The van der Waals surface area contributed by atoms with Gasteiger partial charge in [0.05, 0.1) is 0 Å². The van der Waals surface area contributed by atoms with Crippen molar-refractivity contribution < 1.29 is 0 Å². The highest BCUT2D eigenvalue weighted by Gasteiger charge is 1.95. The molecule has 0 bridgehead atoms. The molecule has 0 saturated heterocycles. The highest BCUT2D eigenvalue weighted by Crippen LogP contribution is 2.05. The zero-order chi connectivity index (χ0) is 8.81. The number of terminal acetylenes is 1. The Bertz CT molecular complexity index is 283. The van der Waals surface area contributed by atoms with E-state index in [-0.39, 0.29) is 0 Å². The van der Waals surface area contributed by atoms with E-state index in [1.807, 2.05) is 18.2 Å². The molecule has 1 aromatic rings. The molecule has 1 heteroatoms. The second-order valence-corrected chi connectivity index (χ2v) is 2.58. The Hall–Kier alpha value is -1.26. The largest absolute Gasteiger partial charge is 0.313 e. The molecule has 1 N–H and O–H groups in total. The van der Waals surface area contributed by atoms with Crippen molar-refractivity contribution in [2.24, 2.45) is 0 Å². The van der Waals surface area contributed by atoms with E-state index in [9.17, 15) is 0 Å². The Balaban J connectivity index is 2.77. The lowest BCUT2D eigenvalue weighted by atomic mass is 10.1. The molecule has 0 radical (unpaired) electrons. The predicted octanol–water partition coefficient (Wildman–Crippen LogP) is 1.78. The third-order valence-electron chi connectivity index (χ3n) is 1.74. The van der Waals surface area contributed by atoms with Gasteiger partial charge in [0.15, 0.2) is 0 Å². The van der Waals surface area contributed by atoms with Gasteiger partial charge >= 0.3 is 0 Å². The number of hydrogen-bond acceptors (Lipinski definition) is 1. The molecule has 0 saturated carbocycles. The van der Waals surface area contributed by atoms with Crippen molar-refractivity contribution in [2.45, 2.75) is 13.5 Å². The minimum atomic E-state index is 0.858. The molecule has 62 valence electrons. The van der Waals surface area contributed by atoms with Gasteiger partial charge in [0.25, 0.3) is 0 Å². The van der Waals surface area contributed by atoms with Gasteiger partial charge in [-0.05, 0) is 18.2 Å². The van der Waals surface area contributed by atoms with E-state index in [0.717, 1.165) is 18.7 Å². The Kier molecular flexibility index (Phi) is 3.37. The van der Waals surface area contributed by atoms with Crippen LogP contribution in [0.1, 0.15) is 18.1 Å². The van der Waals surface area contributed by atoms with E-state index in [2.05, 4.69) is 24.2 Å². The Morgan fingerprint density at radius 1 is 1.42 bits per heavy atom. The summed E-state index contributed by atoms with van der Waals surface area (Å²) in [6, 6.07) is 7.99. The fourth-order valence-corrected chi connectivity index (χ4v) is 1.07. The van der Waals surface area contributed by atoms with Gasteiger partial charge in [0.2, 0.25) is 0 Å². The van der Waals surface area contributed by atoms with Crippen molar-refractivity contribution in [3.63, 3.8) is 0 Å². The first-order chi connectivity index (χ1) is 5.88. The van der Waals surface area contributed by atoms with E-state index in [1.165, 1.54) is 5.56 Å². The van der Waals surface area contributed by atoms with Gasteiger partial charge in [-0.25, -0.2) is 0 Å². The smallest absolute Gasteiger partial charge is 0.0287 e. The molecule has 1 rings (SSSR count). The molecule has 0 aromatic heterocycles. The maximum absolute atomic E-state index is 5.34. The van der Waals surface area contributed by atoms with Crippen LogP contribution in [0.2, 0.25) is 0 Å². The zero-order valence-corrected chi connectivity index (χ0v) is 7.30. The Labute approximate surface area is 73.8 Å². The average Bonchev–Trinajstić information content (AvgIpc) is 2.15. The average molecular weight is 159 g/mol. The SMILES string of the molecule is C#Cc1ccccc1CNCC. The van der Waals surface area contributed by atoms with Crippen molar-refractivity contribution in [3.8, 4) is 12.3 Å².